The number of carbonyl (C=O) groups is 1. The lowest BCUT2D eigenvalue weighted by Crippen LogP contribution is -2.06. The summed E-state index contributed by atoms with van der Waals surface area (Å²) in [5, 5.41) is 7.97. The number of hydrogen-bond donors (Lipinski definition) is 0. The average molecular weight is 391 g/mol. The van der Waals surface area contributed by atoms with Crippen LogP contribution in [0.15, 0.2) is 65.7 Å². The highest BCUT2D eigenvalue weighted by Crippen LogP contribution is 2.27. The van der Waals surface area contributed by atoms with E-state index in [-0.39, 0.29) is 12.5 Å². The maximum atomic E-state index is 12.3. The molecule has 2 aromatic carbocycles. The number of rotatable bonds is 7. The topological polar surface area (TPSA) is 105 Å². The van der Waals surface area contributed by atoms with E-state index in [0.717, 1.165) is 5.56 Å². The van der Waals surface area contributed by atoms with E-state index in [1.165, 1.54) is 6.33 Å². The molecule has 0 aliphatic heterocycles. The molecule has 2 heterocycles. The van der Waals surface area contributed by atoms with E-state index in [2.05, 4.69) is 20.2 Å². The molecule has 0 spiro atoms. The van der Waals surface area contributed by atoms with Crippen molar-refractivity contribution >= 4 is 5.97 Å². The number of nitrogens with zero attached hydrogens (tertiary/aromatic N) is 5. The molecule has 0 saturated heterocycles. The second-order valence-corrected chi connectivity index (χ2v) is 6.08. The molecule has 9 heteroatoms. The first kappa shape index (κ1) is 18.4. The summed E-state index contributed by atoms with van der Waals surface area (Å²) >= 11 is 0. The molecule has 0 fully saturated rings. The van der Waals surface area contributed by atoms with Crippen LogP contribution in [0.25, 0.3) is 11.4 Å². The van der Waals surface area contributed by atoms with E-state index in [0.29, 0.717) is 29.2 Å². The van der Waals surface area contributed by atoms with Gasteiger partial charge in [0.15, 0.2) is 6.61 Å². The molecule has 0 saturated carbocycles. The van der Waals surface area contributed by atoms with Gasteiger partial charge in [-0.2, -0.15) is 10.1 Å². The van der Waals surface area contributed by atoms with Crippen molar-refractivity contribution in [3.63, 3.8) is 0 Å². The van der Waals surface area contributed by atoms with Crippen LogP contribution in [-0.4, -0.2) is 38.0 Å². The Kier molecular flexibility index (Phi) is 5.28. The van der Waals surface area contributed by atoms with Crippen LogP contribution in [0.3, 0.4) is 0 Å². The van der Waals surface area contributed by atoms with Gasteiger partial charge in [0, 0.05) is 0 Å². The lowest BCUT2D eigenvalue weighted by atomic mass is 10.1. The third kappa shape index (κ3) is 4.29. The molecule has 0 amide bonds. The van der Waals surface area contributed by atoms with Crippen LogP contribution in [0.1, 0.15) is 21.8 Å². The summed E-state index contributed by atoms with van der Waals surface area (Å²) in [5.41, 5.74) is 2.11. The minimum Gasteiger partial charge on any atom is -0.496 e. The first-order chi connectivity index (χ1) is 14.2. The summed E-state index contributed by atoms with van der Waals surface area (Å²) in [4.78, 5) is 20.4. The summed E-state index contributed by atoms with van der Waals surface area (Å²) in [6.45, 7) is 0.449. The van der Waals surface area contributed by atoms with Crippen molar-refractivity contribution in [3.8, 4) is 17.1 Å². The molecule has 4 aromatic rings. The SMILES string of the molecule is COc1ccccc1-c1noc(COC(=O)c2ccc(Cn3cncn3)cc2)n1. The maximum absolute atomic E-state index is 12.3. The molecule has 0 N–H and O–H groups in total. The molecule has 0 atom stereocenters. The van der Waals surface area contributed by atoms with Crippen molar-refractivity contribution in [1.29, 1.82) is 0 Å². The maximum Gasteiger partial charge on any atom is 0.338 e. The van der Waals surface area contributed by atoms with Gasteiger partial charge in [-0.25, -0.2) is 14.5 Å². The third-order valence-electron chi connectivity index (χ3n) is 4.14. The third-order valence-corrected chi connectivity index (χ3v) is 4.14. The molecule has 0 aliphatic carbocycles. The van der Waals surface area contributed by atoms with E-state index in [9.17, 15) is 4.79 Å². The summed E-state index contributed by atoms with van der Waals surface area (Å²) < 4.78 is 17.4. The number of carbonyl (C=O) groups excluding carboxylic acids is 1. The quantitative estimate of drug-likeness (QED) is 0.443. The number of para-hydroxylation sites is 1. The number of methoxy groups -OCH3 is 1. The van der Waals surface area contributed by atoms with Crippen molar-refractivity contribution in [2.24, 2.45) is 0 Å². The number of hydrogen-bond acceptors (Lipinski definition) is 8. The highest BCUT2D eigenvalue weighted by molar-refractivity contribution is 5.89. The summed E-state index contributed by atoms with van der Waals surface area (Å²) in [5.74, 6) is 0.713. The number of benzene rings is 2. The molecule has 0 unspecified atom stereocenters. The minimum atomic E-state index is -0.477. The second-order valence-electron chi connectivity index (χ2n) is 6.08. The molecule has 0 bridgehead atoms. The molecule has 146 valence electrons. The standard InChI is InChI=1S/C20H17N5O4/c1-27-17-5-3-2-4-16(17)19-23-18(29-24-19)11-28-20(26)15-8-6-14(7-9-15)10-25-13-21-12-22-25/h2-9,12-13H,10-11H2,1H3. The second kappa shape index (κ2) is 8.34. The average Bonchev–Trinajstić information content (AvgIpc) is 3.44. The fourth-order valence-electron chi connectivity index (χ4n) is 2.71. The predicted molar refractivity (Wildman–Crippen MR) is 101 cm³/mol. The van der Waals surface area contributed by atoms with Gasteiger partial charge in [-0.15, -0.1) is 0 Å². The van der Waals surface area contributed by atoms with Crippen LogP contribution >= 0.6 is 0 Å². The molecule has 29 heavy (non-hydrogen) atoms. The Labute approximate surface area is 165 Å². The number of aromatic nitrogens is 5. The zero-order valence-electron chi connectivity index (χ0n) is 15.6. The summed E-state index contributed by atoms with van der Waals surface area (Å²) in [7, 11) is 1.57. The number of ether oxygens (including phenoxy) is 2. The summed E-state index contributed by atoms with van der Waals surface area (Å²) in [6, 6.07) is 14.4. The van der Waals surface area contributed by atoms with Crippen LogP contribution in [-0.2, 0) is 17.9 Å². The van der Waals surface area contributed by atoms with Crippen molar-refractivity contribution in [2.75, 3.05) is 7.11 Å². The Bertz CT molecular complexity index is 1090. The lowest BCUT2D eigenvalue weighted by Gasteiger charge is -2.04. The Hall–Kier alpha value is -4.01. The first-order valence-corrected chi connectivity index (χ1v) is 8.77. The van der Waals surface area contributed by atoms with Gasteiger partial charge in [-0.05, 0) is 29.8 Å². The van der Waals surface area contributed by atoms with E-state index in [4.69, 9.17) is 14.0 Å². The normalized spacial score (nSPS) is 10.7. The summed E-state index contributed by atoms with van der Waals surface area (Å²) in [6.07, 6.45) is 3.11. The van der Waals surface area contributed by atoms with Gasteiger partial charge in [-0.1, -0.05) is 29.4 Å². The minimum absolute atomic E-state index is 0.123. The first-order valence-electron chi connectivity index (χ1n) is 8.77. The van der Waals surface area contributed by atoms with Crippen LogP contribution in [0.4, 0.5) is 0 Å². The van der Waals surface area contributed by atoms with Gasteiger partial charge < -0.3 is 14.0 Å². The smallest absolute Gasteiger partial charge is 0.338 e. The number of esters is 1. The molecule has 9 nitrogen and oxygen atoms in total. The van der Waals surface area contributed by atoms with Crippen molar-refractivity contribution in [1.82, 2.24) is 24.9 Å². The van der Waals surface area contributed by atoms with Gasteiger partial charge in [0.25, 0.3) is 5.89 Å². The molecule has 0 radical (unpaired) electrons. The van der Waals surface area contributed by atoms with Gasteiger partial charge in [0.1, 0.15) is 18.4 Å². The molecule has 0 aliphatic rings. The highest BCUT2D eigenvalue weighted by Gasteiger charge is 2.15. The molecular weight excluding hydrogens is 374 g/mol. The van der Waals surface area contributed by atoms with E-state index >= 15 is 0 Å². The van der Waals surface area contributed by atoms with Crippen LogP contribution in [0.5, 0.6) is 5.75 Å². The van der Waals surface area contributed by atoms with Crippen molar-refractivity contribution in [2.45, 2.75) is 13.2 Å². The highest BCUT2D eigenvalue weighted by atomic mass is 16.6. The monoisotopic (exact) mass is 391 g/mol. The van der Waals surface area contributed by atoms with E-state index in [1.54, 1.807) is 36.3 Å². The van der Waals surface area contributed by atoms with Gasteiger partial charge >= 0.3 is 5.97 Å². The zero-order valence-corrected chi connectivity index (χ0v) is 15.6. The predicted octanol–water partition coefficient (Wildman–Crippen LogP) is 2.74. The molecule has 4 rings (SSSR count). The fourth-order valence-corrected chi connectivity index (χ4v) is 2.71. The van der Waals surface area contributed by atoms with E-state index in [1.807, 2.05) is 30.3 Å². The Morgan fingerprint density at radius 2 is 1.97 bits per heavy atom. The van der Waals surface area contributed by atoms with E-state index < -0.39 is 5.97 Å². The molecule has 2 aromatic heterocycles. The van der Waals surface area contributed by atoms with Gasteiger partial charge in [-0.3, -0.25) is 0 Å². The van der Waals surface area contributed by atoms with Crippen molar-refractivity contribution in [3.05, 3.63) is 78.2 Å². The van der Waals surface area contributed by atoms with Crippen LogP contribution in [0.2, 0.25) is 0 Å². The largest absolute Gasteiger partial charge is 0.496 e. The Morgan fingerprint density at radius 1 is 1.14 bits per heavy atom. The molecular formula is C20H17N5O4. The Balaban J connectivity index is 1.37. The van der Waals surface area contributed by atoms with Crippen LogP contribution < -0.4 is 4.74 Å². The lowest BCUT2D eigenvalue weighted by molar-refractivity contribution is 0.0430. The van der Waals surface area contributed by atoms with Gasteiger partial charge in [0.05, 0.1) is 24.8 Å². The Morgan fingerprint density at radius 3 is 2.72 bits per heavy atom. The van der Waals surface area contributed by atoms with Gasteiger partial charge in [0.2, 0.25) is 5.82 Å². The zero-order chi connectivity index (χ0) is 20.1. The van der Waals surface area contributed by atoms with Crippen LogP contribution in [0, 0.1) is 0 Å². The fraction of sp³-hybridized carbons (Fsp3) is 0.150. The van der Waals surface area contributed by atoms with Crippen molar-refractivity contribution < 1.29 is 18.8 Å².